The van der Waals surface area contributed by atoms with Crippen molar-refractivity contribution in [3.63, 3.8) is 0 Å². The standard InChI is InChI=1S/C13H20O3S/c1-7-8-5-6-9(11(14)12(7)17-4)10(8)13(15-2)16-3/h5-10,12-13H,1-4H3/t7-,8+,9+,10-,12?/m0/s1. The van der Waals surface area contributed by atoms with E-state index in [0.717, 1.165) is 0 Å². The van der Waals surface area contributed by atoms with Crippen LogP contribution in [0.5, 0.6) is 0 Å². The number of allylic oxidation sites excluding steroid dienone is 2. The van der Waals surface area contributed by atoms with Crippen LogP contribution in [0.2, 0.25) is 0 Å². The average Bonchev–Trinajstić information content (AvgIpc) is 2.70. The number of ether oxygens (including phenoxy) is 2. The molecule has 2 aliphatic rings. The van der Waals surface area contributed by atoms with E-state index >= 15 is 0 Å². The summed E-state index contributed by atoms with van der Waals surface area (Å²) in [5.74, 6) is 1.19. The van der Waals surface area contributed by atoms with Crippen LogP contribution in [-0.2, 0) is 14.3 Å². The van der Waals surface area contributed by atoms with Crippen molar-refractivity contribution in [3.05, 3.63) is 12.2 Å². The van der Waals surface area contributed by atoms with Crippen LogP contribution in [-0.4, -0.2) is 37.8 Å². The second-order valence-corrected chi connectivity index (χ2v) is 5.80. The summed E-state index contributed by atoms with van der Waals surface area (Å²) >= 11 is 1.67. The zero-order chi connectivity index (χ0) is 12.6. The summed E-state index contributed by atoms with van der Waals surface area (Å²) in [5, 5.41) is 0.116. The van der Waals surface area contributed by atoms with Crippen LogP contribution in [0, 0.1) is 23.7 Å². The molecule has 0 aromatic carbocycles. The molecule has 3 nitrogen and oxygen atoms in total. The number of carbonyl (C=O) groups excluding carboxylic acids is 1. The molecular formula is C13H20O3S. The third-order valence-electron chi connectivity index (χ3n) is 4.13. The lowest BCUT2D eigenvalue weighted by Gasteiger charge is -2.41. The maximum Gasteiger partial charge on any atom is 0.161 e. The predicted molar refractivity (Wildman–Crippen MR) is 68.9 cm³/mol. The van der Waals surface area contributed by atoms with Crippen molar-refractivity contribution < 1.29 is 14.3 Å². The third-order valence-corrected chi connectivity index (χ3v) is 5.30. The molecule has 1 saturated carbocycles. The largest absolute Gasteiger partial charge is 0.356 e. The monoisotopic (exact) mass is 256 g/mol. The van der Waals surface area contributed by atoms with Gasteiger partial charge < -0.3 is 9.47 Å². The van der Waals surface area contributed by atoms with Crippen molar-refractivity contribution in [3.8, 4) is 0 Å². The van der Waals surface area contributed by atoms with E-state index in [1.165, 1.54) is 0 Å². The fraction of sp³-hybridized carbons (Fsp3) is 0.769. The van der Waals surface area contributed by atoms with Crippen LogP contribution >= 0.6 is 11.8 Å². The van der Waals surface area contributed by atoms with E-state index in [2.05, 4.69) is 19.1 Å². The Hall–Kier alpha value is -0.320. The molecule has 0 amide bonds. The number of rotatable bonds is 4. The van der Waals surface area contributed by atoms with E-state index in [9.17, 15) is 4.79 Å². The van der Waals surface area contributed by atoms with E-state index in [1.54, 1.807) is 26.0 Å². The maximum atomic E-state index is 12.4. The number of fused-ring (bicyclic) bond motifs is 2. The van der Waals surface area contributed by atoms with Crippen LogP contribution in [0.1, 0.15) is 6.92 Å². The highest BCUT2D eigenvalue weighted by Crippen LogP contribution is 2.48. The Labute approximate surface area is 107 Å². The van der Waals surface area contributed by atoms with Gasteiger partial charge in [-0.3, -0.25) is 4.79 Å². The number of thioether (sulfide) groups is 1. The number of hydrogen-bond donors (Lipinski definition) is 0. The van der Waals surface area contributed by atoms with Gasteiger partial charge in [0.2, 0.25) is 0 Å². The molecule has 0 N–H and O–H groups in total. The first kappa shape index (κ1) is 13.1. The van der Waals surface area contributed by atoms with Gasteiger partial charge in [-0.1, -0.05) is 19.1 Å². The summed E-state index contributed by atoms with van der Waals surface area (Å²) in [5.41, 5.74) is 0. The highest BCUT2D eigenvalue weighted by atomic mass is 32.2. The van der Waals surface area contributed by atoms with Crippen LogP contribution < -0.4 is 0 Å². The molecule has 2 aliphatic carbocycles. The van der Waals surface area contributed by atoms with Gasteiger partial charge >= 0.3 is 0 Å². The first-order valence-electron chi connectivity index (χ1n) is 5.96. The zero-order valence-electron chi connectivity index (χ0n) is 10.8. The Bertz CT molecular complexity index is 325. The minimum atomic E-state index is -0.283. The molecule has 96 valence electrons. The van der Waals surface area contributed by atoms with Crippen molar-refractivity contribution in [2.24, 2.45) is 23.7 Å². The summed E-state index contributed by atoms with van der Waals surface area (Å²) in [6, 6.07) is 0. The molecular weight excluding hydrogens is 236 g/mol. The molecule has 1 unspecified atom stereocenters. The molecule has 4 heteroatoms. The van der Waals surface area contributed by atoms with Gasteiger partial charge in [0.1, 0.15) is 0 Å². The highest BCUT2D eigenvalue weighted by Gasteiger charge is 2.52. The molecule has 5 atom stereocenters. The van der Waals surface area contributed by atoms with Gasteiger partial charge in [0.05, 0.1) is 5.25 Å². The first-order chi connectivity index (χ1) is 8.15. The van der Waals surface area contributed by atoms with E-state index in [-0.39, 0.29) is 23.4 Å². The summed E-state index contributed by atoms with van der Waals surface area (Å²) in [4.78, 5) is 12.4. The van der Waals surface area contributed by atoms with Crippen molar-refractivity contribution in [2.45, 2.75) is 18.5 Å². The molecule has 0 saturated heterocycles. The van der Waals surface area contributed by atoms with Crippen LogP contribution in [0.4, 0.5) is 0 Å². The van der Waals surface area contributed by atoms with Crippen LogP contribution in [0.15, 0.2) is 12.2 Å². The summed E-state index contributed by atoms with van der Waals surface area (Å²) in [6.07, 6.45) is 5.96. The number of hydrogen-bond acceptors (Lipinski definition) is 4. The molecule has 17 heavy (non-hydrogen) atoms. The lowest BCUT2D eigenvalue weighted by Crippen LogP contribution is -2.48. The van der Waals surface area contributed by atoms with E-state index in [4.69, 9.17) is 9.47 Å². The van der Waals surface area contributed by atoms with Gasteiger partial charge in [-0.15, -0.1) is 0 Å². The van der Waals surface area contributed by atoms with Gasteiger partial charge in [0.15, 0.2) is 12.1 Å². The van der Waals surface area contributed by atoms with Gasteiger partial charge in [-0.05, 0) is 18.1 Å². The van der Waals surface area contributed by atoms with Crippen molar-refractivity contribution in [1.29, 1.82) is 0 Å². The average molecular weight is 256 g/mol. The van der Waals surface area contributed by atoms with E-state index < -0.39 is 0 Å². The molecule has 2 rings (SSSR count). The Morgan fingerprint density at radius 1 is 1.29 bits per heavy atom. The fourth-order valence-electron chi connectivity index (χ4n) is 3.30. The Balaban J connectivity index is 2.27. The summed E-state index contributed by atoms with van der Waals surface area (Å²) in [6.45, 7) is 2.16. The lowest BCUT2D eigenvalue weighted by molar-refractivity contribution is -0.167. The van der Waals surface area contributed by atoms with Crippen LogP contribution in [0.25, 0.3) is 0 Å². The van der Waals surface area contributed by atoms with E-state index in [1.807, 2.05) is 6.26 Å². The number of methoxy groups -OCH3 is 2. The molecule has 0 radical (unpaired) electrons. The Kier molecular flexibility index (Phi) is 3.95. The summed E-state index contributed by atoms with van der Waals surface area (Å²) in [7, 11) is 3.28. The van der Waals surface area contributed by atoms with Gasteiger partial charge in [0, 0.05) is 26.1 Å². The molecule has 2 bridgehead atoms. The molecule has 0 heterocycles. The van der Waals surface area contributed by atoms with Gasteiger partial charge in [0.25, 0.3) is 0 Å². The summed E-state index contributed by atoms with van der Waals surface area (Å²) < 4.78 is 10.7. The fourth-order valence-corrected chi connectivity index (χ4v) is 4.30. The highest BCUT2D eigenvalue weighted by molar-refractivity contribution is 7.99. The third kappa shape index (κ3) is 1.96. The second-order valence-electron chi connectivity index (χ2n) is 4.82. The van der Waals surface area contributed by atoms with Gasteiger partial charge in [-0.25, -0.2) is 0 Å². The molecule has 0 aromatic heterocycles. The number of carbonyl (C=O) groups is 1. The quantitative estimate of drug-likeness (QED) is 0.569. The van der Waals surface area contributed by atoms with Gasteiger partial charge in [-0.2, -0.15) is 11.8 Å². The van der Waals surface area contributed by atoms with E-state index in [0.29, 0.717) is 17.6 Å². The first-order valence-corrected chi connectivity index (χ1v) is 7.25. The van der Waals surface area contributed by atoms with Crippen molar-refractivity contribution in [2.75, 3.05) is 20.5 Å². The maximum absolute atomic E-state index is 12.4. The molecule has 0 aliphatic heterocycles. The number of Topliss-reactive ketones (excluding diaryl/α,β-unsaturated/α-hetero) is 1. The lowest BCUT2D eigenvalue weighted by atomic mass is 9.70. The normalized spacial score (nSPS) is 40.3. The molecule has 1 fully saturated rings. The number of ketones is 1. The van der Waals surface area contributed by atoms with Crippen molar-refractivity contribution in [1.82, 2.24) is 0 Å². The Morgan fingerprint density at radius 3 is 2.47 bits per heavy atom. The Morgan fingerprint density at radius 2 is 1.94 bits per heavy atom. The van der Waals surface area contributed by atoms with Crippen molar-refractivity contribution >= 4 is 17.5 Å². The predicted octanol–water partition coefficient (Wildman–Crippen LogP) is 1.97. The van der Waals surface area contributed by atoms with Crippen LogP contribution in [0.3, 0.4) is 0 Å². The smallest absolute Gasteiger partial charge is 0.161 e. The zero-order valence-corrected chi connectivity index (χ0v) is 11.6. The topological polar surface area (TPSA) is 35.5 Å². The molecule has 0 spiro atoms. The minimum absolute atomic E-state index is 0.0291. The SMILES string of the molecule is COC(OC)[C@H]1[C@@H]2C=C[C@H]1C(=O)C(SC)[C@H]2C. The second kappa shape index (κ2) is 5.12. The minimum Gasteiger partial charge on any atom is -0.356 e. The molecule has 0 aromatic rings.